The molecular weight excluding hydrogens is 210 g/mol. The maximum atomic E-state index is 5.87. The summed E-state index contributed by atoms with van der Waals surface area (Å²) in [5.41, 5.74) is 8.13. The highest BCUT2D eigenvalue weighted by atomic mass is 16.5. The molecule has 0 saturated carbocycles. The molecule has 0 spiro atoms. The van der Waals surface area contributed by atoms with E-state index in [1.807, 2.05) is 0 Å². The normalized spacial score (nSPS) is 13.7. The topological polar surface area (TPSA) is 35.2 Å². The molecule has 1 aromatic rings. The molecule has 1 unspecified atom stereocenters. The first-order valence-electron chi connectivity index (χ1n) is 6.41. The molecule has 0 aliphatic carbocycles. The van der Waals surface area contributed by atoms with Gasteiger partial charge < -0.3 is 10.5 Å². The van der Waals surface area contributed by atoms with Crippen molar-refractivity contribution in [3.63, 3.8) is 0 Å². The van der Waals surface area contributed by atoms with Crippen molar-refractivity contribution in [3.8, 4) is 0 Å². The van der Waals surface area contributed by atoms with E-state index >= 15 is 0 Å². The van der Waals surface area contributed by atoms with E-state index in [9.17, 15) is 0 Å². The SMILES string of the molecule is CCC(C)(C)OCc1ccc(C(C)CN)cc1. The average molecular weight is 235 g/mol. The van der Waals surface area contributed by atoms with E-state index in [1.54, 1.807) is 0 Å². The predicted octanol–water partition coefficient (Wildman–Crippen LogP) is 3.45. The van der Waals surface area contributed by atoms with Crippen LogP contribution in [-0.4, -0.2) is 12.1 Å². The molecule has 0 heterocycles. The molecule has 2 heteroatoms. The van der Waals surface area contributed by atoms with Crippen molar-refractivity contribution in [2.45, 2.75) is 52.2 Å². The first-order valence-corrected chi connectivity index (χ1v) is 6.41. The lowest BCUT2D eigenvalue weighted by atomic mass is 10.00. The molecule has 0 aliphatic rings. The predicted molar refractivity (Wildman–Crippen MR) is 73.1 cm³/mol. The van der Waals surface area contributed by atoms with Gasteiger partial charge in [0.25, 0.3) is 0 Å². The highest BCUT2D eigenvalue weighted by molar-refractivity contribution is 5.24. The van der Waals surface area contributed by atoms with Crippen LogP contribution in [0.2, 0.25) is 0 Å². The van der Waals surface area contributed by atoms with Gasteiger partial charge >= 0.3 is 0 Å². The maximum Gasteiger partial charge on any atom is 0.0724 e. The minimum absolute atomic E-state index is 0.0385. The number of benzene rings is 1. The van der Waals surface area contributed by atoms with Gasteiger partial charge in [0, 0.05) is 0 Å². The molecule has 2 N–H and O–H groups in total. The van der Waals surface area contributed by atoms with E-state index in [2.05, 4.69) is 52.0 Å². The maximum absolute atomic E-state index is 5.87. The quantitative estimate of drug-likeness (QED) is 0.819. The van der Waals surface area contributed by atoms with Crippen LogP contribution in [0.4, 0.5) is 0 Å². The molecule has 0 radical (unpaired) electrons. The Bertz CT molecular complexity index is 329. The first kappa shape index (κ1) is 14.2. The van der Waals surface area contributed by atoms with Crippen LogP contribution in [0.3, 0.4) is 0 Å². The Morgan fingerprint density at radius 2 is 1.82 bits per heavy atom. The minimum Gasteiger partial charge on any atom is -0.371 e. The van der Waals surface area contributed by atoms with Crippen LogP contribution >= 0.6 is 0 Å². The molecule has 1 aromatic carbocycles. The Kier molecular flexibility index (Phi) is 5.16. The lowest BCUT2D eigenvalue weighted by Gasteiger charge is -2.23. The van der Waals surface area contributed by atoms with Crippen LogP contribution in [0.15, 0.2) is 24.3 Å². The Labute approximate surface area is 105 Å². The van der Waals surface area contributed by atoms with Gasteiger partial charge in [0.2, 0.25) is 0 Å². The molecule has 0 saturated heterocycles. The number of hydrogen-bond acceptors (Lipinski definition) is 2. The summed E-state index contributed by atoms with van der Waals surface area (Å²) in [6, 6.07) is 8.56. The Balaban J connectivity index is 2.57. The second-order valence-corrected chi connectivity index (χ2v) is 5.28. The Morgan fingerprint density at radius 3 is 2.29 bits per heavy atom. The van der Waals surface area contributed by atoms with Gasteiger partial charge in [-0.3, -0.25) is 0 Å². The highest BCUT2D eigenvalue weighted by Crippen LogP contribution is 2.18. The summed E-state index contributed by atoms with van der Waals surface area (Å²) in [5.74, 6) is 0.428. The van der Waals surface area contributed by atoms with Crippen LogP contribution in [0.1, 0.15) is 51.2 Å². The summed E-state index contributed by atoms with van der Waals surface area (Å²) < 4.78 is 5.87. The van der Waals surface area contributed by atoms with Crippen molar-refractivity contribution in [1.29, 1.82) is 0 Å². The molecule has 0 aliphatic heterocycles. The van der Waals surface area contributed by atoms with Crippen molar-refractivity contribution in [2.24, 2.45) is 5.73 Å². The van der Waals surface area contributed by atoms with Gasteiger partial charge in [0.05, 0.1) is 12.2 Å². The summed E-state index contributed by atoms with van der Waals surface area (Å²) in [6.45, 7) is 9.91. The van der Waals surface area contributed by atoms with Gasteiger partial charge in [-0.05, 0) is 43.9 Å². The molecular formula is C15H25NO. The van der Waals surface area contributed by atoms with Crippen molar-refractivity contribution in [3.05, 3.63) is 35.4 Å². The molecule has 17 heavy (non-hydrogen) atoms. The zero-order chi connectivity index (χ0) is 12.9. The van der Waals surface area contributed by atoms with Gasteiger partial charge in [-0.15, -0.1) is 0 Å². The third-order valence-corrected chi connectivity index (χ3v) is 3.38. The largest absolute Gasteiger partial charge is 0.371 e. The number of ether oxygens (including phenoxy) is 1. The molecule has 1 atom stereocenters. The van der Waals surface area contributed by atoms with Crippen molar-refractivity contribution in [2.75, 3.05) is 6.54 Å². The Morgan fingerprint density at radius 1 is 1.24 bits per heavy atom. The van der Waals surface area contributed by atoms with Crippen LogP contribution in [0.25, 0.3) is 0 Å². The van der Waals surface area contributed by atoms with Crippen LogP contribution in [0, 0.1) is 0 Å². The summed E-state index contributed by atoms with van der Waals surface area (Å²) >= 11 is 0. The minimum atomic E-state index is -0.0385. The lowest BCUT2D eigenvalue weighted by molar-refractivity contribution is -0.0316. The van der Waals surface area contributed by atoms with E-state index in [0.717, 1.165) is 6.42 Å². The van der Waals surface area contributed by atoms with E-state index in [0.29, 0.717) is 19.1 Å². The van der Waals surface area contributed by atoms with Crippen LogP contribution < -0.4 is 5.73 Å². The molecule has 0 bridgehead atoms. The summed E-state index contributed by atoms with van der Waals surface area (Å²) in [5, 5.41) is 0. The fourth-order valence-electron chi connectivity index (χ4n) is 1.46. The third kappa shape index (κ3) is 4.49. The fourth-order valence-corrected chi connectivity index (χ4v) is 1.46. The smallest absolute Gasteiger partial charge is 0.0724 e. The summed E-state index contributed by atoms with van der Waals surface area (Å²) in [4.78, 5) is 0. The second kappa shape index (κ2) is 6.18. The van der Waals surface area contributed by atoms with E-state index in [1.165, 1.54) is 11.1 Å². The fraction of sp³-hybridized carbons (Fsp3) is 0.600. The zero-order valence-electron chi connectivity index (χ0n) is 11.5. The molecule has 2 nitrogen and oxygen atoms in total. The number of hydrogen-bond donors (Lipinski definition) is 1. The van der Waals surface area contributed by atoms with Gasteiger partial charge in [0.1, 0.15) is 0 Å². The number of nitrogens with two attached hydrogens (primary N) is 1. The van der Waals surface area contributed by atoms with Gasteiger partial charge in [-0.25, -0.2) is 0 Å². The van der Waals surface area contributed by atoms with E-state index in [-0.39, 0.29) is 5.60 Å². The Hall–Kier alpha value is -0.860. The first-order chi connectivity index (χ1) is 7.98. The van der Waals surface area contributed by atoms with Crippen molar-refractivity contribution >= 4 is 0 Å². The van der Waals surface area contributed by atoms with E-state index in [4.69, 9.17) is 10.5 Å². The highest BCUT2D eigenvalue weighted by Gasteiger charge is 2.15. The second-order valence-electron chi connectivity index (χ2n) is 5.28. The third-order valence-electron chi connectivity index (χ3n) is 3.38. The molecule has 0 fully saturated rings. The van der Waals surface area contributed by atoms with E-state index < -0.39 is 0 Å². The summed E-state index contributed by atoms with van der Waals surface area (Å²) in [7, 11) is 0. The van der Waals surface area contributed by atoms with Crippen molar-refractivity contribution < 1.29 is 4.74 Å². The standard InChI is InChI=1S/C15H25NO/c1-5-15(3,4)17-11-13-6-8-14(9-7-13)12(2)10-16/h6-9,12H,5,10-11,16H2,1-4H3. The average Bonchev–Trinajstić information content (AvgIpc) is 2.36. The number of rotatable bonds is 6. The molecule has 1 rings (SSSR count). The molecule has 0 amide bonds. The lowest BCUT2D eigenvalue weighted by Crippen LogP contribution is -2.22. The molecule has 0 aromatic heterocycles. The van der Waals surface area contributed by atoms with Gasteiger partial charge in [-0.2, -0.15) is 0 Å². The van der Waals surface area contributed by atoms with Crippen LogP contribution in [-0.2, 0) is 11.3 Å². The van der Waals surface area contributed by atoms with Crippen molar-refractivity contribution in [1.82, 2.24) is 0 Å². The van der Waals surface area contributed by atoms with Crippen LogP contribution in [0.5, 0.6) is 0 Å². The molecule has 96 valence electrons. The summed E-state index contributed by atoms with van der Waals surface area (Å²) in [6.07, 6.45) is 1.02. The van der Waals surface area contributed by atoms with Gasteiger partial charge in [-0.1, -0.05) is 38.1 Å². The monoisotopic (exact) mass is 235 g/mol. The van der Waals surface area contributed by atoms with Gasteiger partial charge in [0.15, 0.2) is 0 Å². The zero-order valence-corrected chi connectivity index (χ0v) is 11.5.